The lowest BCUT2D eigenvalue weighted by Gasteiger charge is -2.25. The second kappa shape index (κ2) is 9.68. The zero-order valence-corrected chi connectivity index (χ0v) is 19.6. The molecule has 0 heterocycles. The van der Waals surface area contributed by atoms with Gasteiger partial charge < -0.3 is 9.80 Å². The molecule has 0 aliphatic carbocycles. The van der Waals surface area contributed by atoms with Crippen molar-refractivity contribution in [2.75, 3.05) is 16.8 Å². The fraction of sp³-hybridized carbons (Fsp3) is 0.0625. The number of anilines is 5. The topological polar surface area (TPSA) is 6.48 Å². The van der Waals surface area contributed by atoms with Crippen molar-refractivity contribution in [3.05, 3.63) is 139 Å². The summed E-state index contributed by atoms with van der Waals surface area (Å²) in [5.74, 6) is 0. The van der Waals surface area contributed by atoms with Gasteiger partial charge in [-0.25, -0.2) is 0 Å². The first-order valence-corrected chi connectivity index (χ1v) is 11.6. The molecule has 0 aliphatic heterocycles. The Balaban J connectivity index is 1.41. The molecule has 0 aromatic heterocycles. The van der Waals surface area contributed by atoms with Crippen LogP contribution in [0.4, 0.5) is 28.4 Å². The van der Waals surface area contributed by atoms with Crippen LogP contribution in [-0.4, -0.2) is 7.05 Å². The molecule has 0 unspecified atom stereocenters. The fourth-order valence-corrected chi connectivity index (χ4v) is 4.27. The lowest BCUT2D eigenvalue weighted by Crippen LogP contribution is -2.09. The summed E-state index contributed by atoms with van der Waals surface area (Å²) in [6.45, 7) is 2.13. The van der Waals surface area contributed by atoms with Crippen molar-refractivity contribution in [3.63, 3.8) is 0 Å². The fourth-order valence-electron chi connectivity index (χ4n) is 4.27. The standard InChI is InChI=1S/C32H28N2/c1-25-10-9-15-32(24-25)33(2)28-20-16-26(17-21-28)27-18-22-31(23-19-27)34(29-11-5-3-6-12-29)30-13-7-4-8-14-30/h3-24H,1-2H3. The van der Waals surface area contributed by atoms with Crippen LogP contribution in [-0.2, 0) is 0 Å². The van der Waals surface area contributed by atoms with E-state index in [4.69, 9.17) is 0 Å². The predicted octanol–water partition coefficient (Wildman–Crippen LogP) is 8.90. The maximum Gasteiger partial charge on any atom is 0.0462 e. The first-order chi connectivity index (χ1) is 16.7. The number of hydrogen-bond donors (Lipinski definition) is 0. The maximum absolute atomic E-state index is 2.28. The SMILES string of the molecule is Cc1cccc(N(C)c2ccc(-c3ccc(N(c4ccccc4)c4ccccc4)cc3)cc2)c1. The van der Waals surface area contributed by atoms with Gasteiger partial charge in [0, 0.05) is 35.5 Å². The van der Waals surface area contributed by atoms with Crippen LogP contribution in [0.3, 0.4) is 0 Å². The summed E-state index contributed by atoms with van der Waals surface area (Å²) in [5.41, 5.74) is 9.46. The number of hydrogen-bond acceptors (Lipinski definition) is 2. The highest BCUT2D eigenvalue weighted by Gasteiger charge is 2.12. The zero-order valence-electron chi connectivity index (χ0n) is 19.6. The highest BCUT2D eigenvalue weighted by atomic mass is 15.1. The summed E-state index contributed by atoms with van der Waals surface area (Å²) < 4.78 is 0. The average molecular weight is 441 g/mol. The van der Waals surface area contributed by atoms with E-state index in [0.717, 1.165) is 17.1 Å². The quantitative estimate of drug-likeness (QED) is 0.260. The number of rotatable bonds is 6. The highest BCUT2D eigenvalue weighted by Crippen LogP contribution is 2.35. The zero-order chi connectivity index (χ0) is 23.3. The number of nitrogens with zero attached hydrogens (tertiary/aromatic N) is 2. The number of benzene rings is 5. The van der Waals surface area contributed by atoms with E-state index in [-0.39, 0.29) is 0 Å². The molecule has 0 bridgehead atoms. The summed E-state index contributed by atoms with van der Waals surface area (Å²) in [6.07, 6.45) is 0. The van der Waals surface area contributed by atoms with E-state index in [2.05, 4.69) is 157 Å². The molecule has 5 aromatic carbocycles. The first-order valence-electron chi connectivity index (χ1n) is 11.6. The van der Waals surface area contributed by atoms with Crippen LogP contribution in [0, 0.1) is 6.92 Å². The molecule has 0 N–H and O–H groups in total. The van der Waals surface area contributed by atoms with Crippen molar-refractivity contribution in [2.24, 2.45) is 0 Å². The van der Waals surface area contributed by atoms with Crippen LogP contribution < -0.4 is 9.80 Å². The molecule has 0 saturated carbocycles. The minimum Gasteiger partial charge on any atom is -0.345 e. The van der Waals surface area contributed by atoms with Gasteiger partial charge in [0.05, 0.1) is 0 Å². The lowest BCUT2D eigenvalue weighted by atomic mass is 10.0. The van der Waals surface area contributed by atoms with Crippen LogP contribution in [0.5, 0.6) is 0 Å². The van der Waals surface area contributed by atoms with Gasteiger partial charge in [0.15, 0.2) is 0 Å². The largest absolute Gasteiger partial charge is 0.345 e. The van der Waals surface area contributed by atoms with E-state index < -0.39 is 0 Å². The van der Waals surface area contributed by atoms with Crippen molar-refractivity contribution < 1.29 is 0 Å². The Labute approximate surface area is 202 Å². The molecule has 0 atom stereocenters. The third-order valence-electron chi connectivity index (χ3n) is 6.13. The molecule has 2 nitrogen and oxygen atoms in total. The summed E-state index contributed by atoms with van der Waals surface area (Å²) >= 11 is 0. The lowest BCUT2D eigenvalue weighted by molar-refractivity contribution is 1.20. The molecule has 34 heavy (non-hydrogen) atoms. The molecule has 0 saturated heterocycles. The maximum atomic E-state index is 2.28. The Morgan fingerprint density at radius 1 is 0.412 bits per heavy atom. The minimum absolute atomic E-state index is 1.14. The molecule has 0 spiro atoms. The van der Waals surface area contributed by atoms with Crippen LogP contribution in [0.2, 0.25) is 0 Å². The smallest absolute Gasteiger partial charge is 0.0462 e. The van der Waals surface area contributed by atoms with Gasteiger partial charge in [-0.3, -0.25) is 0 Å². The number of para-hydroxylation sites is 2. The van der Waals surface area contributed by atoms with Crippen LogP contribution >= 0.6 is 0 Å². The Bertz CT molecular complexity index is 1300. The third-order valence-corrected chi connectivity index (χ3v) is 6.13. The second-order valence-corrected chi connectivity index (χ2v) is 8.50. The molecule has 0 fully saturated rings. The number of aryl methyl sites for hydroxylation is 1. The molecule has 0 amide bonds. The van der Waals surface area contributed by atoms with Crippen LogP contribution in [0.15, 0.2) is 133 Å². The molecule has 166 valence electrons. The van der Waals surface area contributed by atoms with E-state index in [1.807, 2.05) is 0 Å². The molecular formula is C32H28N2. The van der Waals surface area contributed by atoms with Crippen LogP contribution in [0.25, 0.3) is 11.1 Å². The summed E-state index contributed by atoms with van der Waals surface area (Å²) in [6, 6.07) is 47.1. The Kier molecular flexibility index (Phi) is 6.13. The predicted molar refractivity (Wildman–Crippen MR) is 146 cm³/mol. The monoisotopic (exact) mass is 440 g/mol. The van der Waals surface area contributed by atoms with Gasteiger partial charge in [-0.05, 0) is 84.3 Å². The van der Waals surface area contributed by atoms with Gasteiger partial charge in [-0.2, -0.15) is 0 Å². The summed E-state index contributed by atoms with van der Waals surface area (Å²) in [4.78, 5) is 4.50. The molecular weight excluding hydrogens is 412 g/mol. The molecule has 0 radical (unpaired) electrons. The van der Waals surface area contributed by atoms with Crippen molar-refractivity contribution in [3.8, 4) is 11.1 Å². The van der Waals surface area contributed by atoms with Crippen molar-refractivity contribution in [1.29, 1.82) is 0 Å². The second-order valence-electron chi connectivity index (χ2n) is 8.50. The normalized spacial score (nSPS) is 10.6. The van der Waals surface area contributed by atoms with Crippen LogP contribution in [0.1, 0.15) is 5.56 Å². The highest BCUT2D eigenvalue weighted by molar-refractivity contribution is 5.78. The Morgan fingerprint density at radius 2 is 0.853 bits per heavy atom. The Hall–Kier alpha value is -4.30. The minimum atomic E-state index is 1.14. The van der Waals surface area contributed by atoms with Crippen molar-refractivity contribution >= 4 is 28.4 Å². The molecule has 5 aromatic rings. The molecule has 2 heteroatoms. The van der Waals surface area contributed by atoms with Gasteiger partial charge in [0.25, 0.3) is 0 Å². The molecule has 0 aliphatic rings. The summed E-state index contributed by atoms with van der Waals surface area (Å²) in [7, 11) is 2.11. The summed E-state index contributed by atoms with van der Waals surface area (Å²) in [5, 5.41) is 0. The van der Waals surface area contributed by atoms with Crippen molar-refractivity contribution in [1.82, 2.24) is 0 Å². The Morgan fingerprint density at radius 3 is 1.35 bits per heavy atom. The average Bonchev–Trinajstić information content (AvgIpc) is 2.90. The van der Waals surface area contributed by atoms with Gasteiger partial charge in [0.2, 0.25) is 0 Å². The third kappa shape index (κ3) is 4.57. The van der Waals surface area contributed by atoms with Crippen molar-refractivity contribution in [2.45, 2.75) is 6.92 Å². The van der Waals surface area contributed by atoms with E-state index >= 15 is 0 Å². The van der Waals surface area contributed by atoms with E-state index in [1.165, 1.54) is 28.1 Å². The van der Waals surface area contributed by atoms with E-state index in [1.54, 1.807) is 0 Å². The van der Waals surface area contributed by atoms with Gasteiger partial charge in [-0.1, -0.05) is 72.8 Å². The van der Waals surface area contributed by atoms with Gasteiger partial charge in [-0.15, -0.1) is 0 Å². The molecule has 5 rings (SSSR count). The first kappa shape index (κ1) is 21.5. The van der Waals surface area contributed by atoms with Gasteiger partial charge in [0.1, 0.15) is 0 Å². The van der Waals surface area contributed by atoms with Gasteiger partial charge >= 0.3 is 0 Å². The van der Waals surface area contributed by atoms with E-state index in [9.17, 15) is 0 Å². The van der Waals surface area contributed by atoms with E-state index in [0.29, 0.717) is 0 Å².